The van der Waals surface area contributed by atoms with E-state index in [4.69, 9.17) is 23.7 Å². The highest BCUT2D eigenvalue weighted by atomic mass is 16.5. The van der Waals surface area contributed by atoms with Crippen LogP contribution < -0.4 is 24.3 Å². The third kappa shape index (κ3) is 5.18. The number of rotatable bonds is 9. The van der Waals surface area contributed by atoms with Crippen molar-refractivity contribution in [2.45, 2.75) is 20.4 Å². The fraction of sp³-hybridized carbons (Fsp3) is 0.259. The molecule has 2 heterocycles. The van der Waals surface area contributed by atoms with Crippen LogP contribution in [0.3, 0.4) is 0 Å². The number of aromatic nitrogens is 3. The van der Waals surface area contributed by atoms with Gasteiger partial charge in [0.2, 0.25) is 5.88 Å². The lowest BCUT2D eigenvalue weighted by Crippen LogP contribution is -2.09. The van der Waals surface area contributed by atoms with Gasteiger partial charge in [0, 0.05) is 23.7 Å². The predicted octanol–water partition coefficient (Wildman–Crippen LogP) is 4.86. The van der Waals surface area contributed by atoms with Gasteiger partial charge in [-0.05, 0) is 43.7 Å². The van der Waals surface area contributed by atoms with Gasteiger partial charge in [-0.3, -0.25) is 0 Å². The van der Waals surface area contributed by atoms with Gasteiger partial charge in [-0.2, -0.15) is 0 Å². The molecule has 0 aliphatic carbocycles. The van der Waals surface area contributed by atoms with Crippen LogP contribution in [-0.2, 0) is 11.3 Å². The van der Waals surface area contributed by atoms with E-state index < -0.39 is 5.97 Å². The summed E-state index contributed by atoms with van der Waals surface area (Å²) in [6.45, 7) is 4.19. The van der Waals surface area contributed by atoms with Gasteiger partial charge in [0.05, 0.1) is 34.0 Å². The zero-order valence-electron chi connectivity index (χ0n) is 21.5. The molecule has 37 heavy (non-hydrogen) atoms. The highest BCUT2D eigenvalue weighted by Crippen LogP contribution is 2.38. The Hall–Kier alpha value is -4.60. The van der Waals surface area contributed by atoms with Crippen molar-refractivity contribution >= 4 is 22.7 Å². The first-order chi connectivity index (χ1) is 17.9. The third-order valence-electron chi connectivity index (χ3n) is 5.89. The lowest BCUT2D eigenvalue weighted by molar-refractivity contribution is 0.0593. The maximum Gasteiger partial charge on any atom is 0.356 e. The molecule has 192 valence electrons. The molecular formula is C27H28N4O6. The molecule has 0 saturated heterocycles. The van der Waals surface area contributed by atoms with Gasteiger partial charge in [0.1, 0.15) is 40.5 Å². The van der Waals surface area contributed by atoms with Gasteiger partial charge < -0.3 is 29.0 Å². The highest BCUT2D eigenvalue weighted by molar-refractivity contribution is 5.98. The lowest BCUT2D eigenvalue weighted by Gasteiger charge is -2.17. The van der Waals surface area contributed by atoms with E-state index in [1.807, 2.05) is 44.2 Å². The highest BCUT2D eigenvalue weighted by Gasteiger charge is 2.21. The summed E-state index contributed by atoms with van der Waals surface area (Å²) in [5, 5.41) is 3.83. The van der Waals surface area contributed by atoms with E-state index in [2.05, 4.69) is 20.3 Å². The number of pyridine rings is 1. The summed E-state index contributed by atoms with van der Waals surface area (Å²) in [6.07, 6.45) is 1.41. The fourth-order valence-corrected chi connectivity index (χ4v) is 3.92. The van der Waals surface area contributed by atoms with E-state index in [9.17, 15) is 4.79 Å². The standard InChI is InChI=1S/C27H28N4O6/c1-15-7-10-21(34-4)16(2)24(15)37-26-23-19(12-20(31-26)27(32)36-6)29-14-30-25(23)28-13-17-8-9-18(33-3)11-22(17)35-5/h7-12,14H,13H2,1-6H3,(H,28,29,30). The van der Waals surface area contributed by atoms with Crippen LogP contribution in [-0.4, -0.2) is 49.4 Å². The zero-order chi connectivity index (χ0) is 26.5. The van der Waals surface area contributed by atoms with Gasteiger partial charge >= 0.3 is 5.97 Å². The van der Waals surface area contributed by atoms with Crippen LogP contribution in [0.15, 0.2) is 42.7 Å². The summed E-state index contributed by atoms with van der Waals surface area (Å²) in [5.74, 6) is 2.59. The summed E-state index contributed by atoms with van der Waals surface area (Å²) in [7, 11) is 6.08. The summed E-state index contributed by atoms with van der Waals surface area (Å²) < 4.78 is 27.5. The molecule has 2 aromatic carbocycles. The van der Waals surface area contributed by atoms with Crippen molar-refractivity contribution in [3.63, 3.8) is 0 Å². The van der Waals surface area contributed by atoms with Crippen LogP contribution in [0.5, 0.6) is 28.9 Å². The van der Waals surface area contributed by atoms with Crippen molar-refractivity contribution in [3.8, 4) is 28.9 Å². The summed E-state index contributed by atoms with van der Waals surface area (Å²) in [5.41, 5.74) is 3.06. The third-order valence-corrected chi connectivity index (χ3v) is 5.89. The van der Waals surface area contributed by atoms with Gasteiger partial charge in [-0.1, -0.05) is 6.07 Å². The van der Waals surface area contributed by atoms with E-state index in [1.54, 1.807) is 27.4 Å². The zero-order valence-corrected chi connectivity index (χ0v) is 21.5. The molecule has 0 amide bonds. The first-order valence-corrected chi connectivity index (χ1v) is 11.4. The quantitative estimate of drug-likeness (QED) is 0.317. The van der Waals surface area contributed by atoms with Crippen LogP contribution in [0.2, 0.25) is 0 Å². The van der Waals surface area contributed by atoms with E-state index in [0.29, 0.717) is 46.3 Å². The number of nitrogens with one attached hydrogen (secondary N) is 1. The molecule has 0 fully saturated rings. The number of nitrogens with zero attached hydrogens (tertiary/aromatic N) is 3. The number of carbonyl (C=O) groups excluding carboxylic acids is 1. The lowest BCUT2D eigenvalue weighted by atomic mass is 10.1. The van der Waals surface area contributed by atoms with Crippen LogP contribution in [0.25, 0.3) is 10.9 Å². The molecule has 0 bridgehead atoms. The van der Waals surface area contributed by atoms with Crippen molar-refractivity contribution in [1.82, 2.24) is 15.0 Å². The number of fused-ring (bicyclic) bond motifs is 1. The first kappa shape index (κ1) is 25.5. The van der Waals surface area contributed by atoms with Crippen molar-refractivity contribution < 1.29 is 28.5 Å². The minimum Gasteiger partial charge on any atom is -0.497 e. The van der Waals surface area contributed by atoms with Crippen molar-refractivity contribution in [2.75, 3.05) is 33.8 Å². The number of anilines is 1. The number of hydrogen-bond acceptors (Lipinski definition) is 10. The van der Waals surface area contributed by atoms with Gasteiger partial charge in [-0.25, -0.2) is 19.7 Å². The van der Waals surface area contributed by atoms with Crippen LogP contribution in [0.4, 0.5) is 5.82 Å². The van der Waals surface area contributed by atoms with Crippen molar-refractivity contribution in [3.05, 3.63) is 65.1 Å². The number of benzene rings is 2. The average Bonchev–Trinajstić information content (AvgIpc) is 2.93. The Bertz CT molecular complexity index is 1460. The molecule has 0 aliphatic heterocycles. The molecule has 1 N–H and O–H groups in total. The minimum atomic E-state index is -0.609. The smallest absolute Gasteiger partial charge is 0.356 e. The molecular weight excluding hydrogens is 476 g/mol. The van der Waals surface area contributed by atoms with Crippen LogP contribution >= 0.6 is 0 Å². The number of hydrogen-bond donors (Lipinski definition) is 1. The molecule has 4 aromatic rings. The Balaban J connectivity index is 1.81. The Morgan fingerprint density at radius 3 is 2.41 bits per heavy atom. The molecule has 0 spiro atoms. The SMILES string of the molecule is COC(=O)c1cc2ncnc(NCc3ccc(OC)cc3OC)c2c(Oc2c(C)ccc(OC)c2C)n1. The fourth-order valence-electron chi connectivity index (χ4n) is 3.92. The van der Waals surface area contributed by atoms with Gasteiger partial charge in [-0.15, -0.1) is 0 Å². The second kappa shape index (κ2) is 11.0. The Kier molecular flexibility index (Phi) is 7.57. The Labute approximate surface area is 214 Å². The van der Waals surface area contributed by atoms with E-state index in [1.165, 1.54) is 13.4 Å². The topological polar surface area (TPSA) is 114 Å². The second-order valence-electron chi connectivity index (χ2n) is 8.09. The molecule has 0 unspecified atom stereocenters. The van der Waals surface area contributed by atoms with E-state index in [-0.39, 0.29) is 11.6 Å². The van der Waals surface area contributed by atoms with Crippen molar-refractivity contribution in [1.29, 1.82) is 0 Å². The van der Waals surface area contributed by atoms with Crippen LogP contribution in [0.1, 0.15) is 27.2 Å². The molecule has 0 radical (unpaired) electrons. The first-order valence-electron chi connectivity index (χ1n) is 11.4. The number of ether oxygens (including phenoxy) is 5. The second-order valence-corrected chi connectivity index (χ2v) is 8.09. The number of carbonyl (C=O) groups is 1. The maximum atomic E-state index is 12.4. The monoisotopic (exact) mass is 504 g/mol. The average molecular weight is 505 g/mol. The Morgan fingerprint density at radius 2 is 1.70 bits per heavy atom. The number of esters is 1. The molecule has 0 saturated carbocycles. The number of aryl methyl sites for hydroxylation is 1. The molecule has 10 nitrogen and oxygen atoms in total. The molecule has 4 rings (SSSR count). The molecule has 0 atom stereocenters. The summed E-state index contributed by atoms with van der Waals surface area (Å²) in [6, 6.07) is 10.9. The van der Waals surface area contributed by atoms with Gasteiger partial charge in [0.25, 0.3) is 0 Å². The largest absolute Gasteiger partial charge is 0.497 e. The number of methoxy groups -OCH3 is 4. The Morgan fingerprint density at radius 1 is 0.919 bits per heavy atom. The normalized spacial score (nSPS) is 10.6. The molecule has 2 aromatic heterocycles. The van der Waals surface area contributed by atoms with E-state index >= 15 is 0 Å². The van der Waals surface area contributed by atoms with Gasteiger partial charge in [0.15, 0.2) is 5.69 Å². The van der Waals surface area contributed by atoms with Crippen LogP contribution in [0, 0.1) is 13.8 Å². The maximum absolute atomic E-state index is 12.4. The van der Waals surface area contributed by atoms with E-state index in [0.717, 1.165) is 16.7 Å². The molecule has 10 heteroatoms. The minimum absolute atomic E-state index is 0.0599. The van der Waals surface area contributed by atoms with Crippen molar-refractivity contribution in [2.24, 2.45) is 0 Å². The molecule has 0 aliphatic rings. The summed E-state index contributed by atoms with van der Waals surface area (Å²) >= 11 is 0. The predicted molar refractivity (Wildman–Crippen MR) is 138 cm³/mol. The summed E-state index contributed by atoms with van der Waals surface area (Å²) in [4.78, 5) is 25.7.